The Morgan fingerprint density at radius 1 is 1.26 bits per heavy atom. The van der Waals surface area contributed by atoms with E-state index in [2.05, 4.69) is 29.7 Å². The smallest absolute Gasteiger partial charge is 0.433 e. The number of alkyl halides is 3. The molecule has 2 aromatic heterocycles. The Labute approximate surface area is 156 Å². The van der Waals surface area contributed by atoms with Crippen LogP contribution in [-0.2, 0) is 22.4 Å². The van der Waals surface area contributed by atoms with Crippen LogP contribution in [0.5, 0.6) is 0 Å². The Morgan fingerprint density at radius 2 is 1.96 bits per heavy atom. The fourth-order valence-corrected chi connectivity index (χ4v) is 2.96. The highest BCUT2D eigenvalue weighted by Gasteiger charge is 2.32. The summed E-state index contributed by atoms with van der Waals surface area (Å²) in [6.45, 7) is 7.16. The Kier molecular flexibility index (Phi) is 6.42. The van der Waals surface area contributed by atoms with E-state index in [-0.39, 0.29) is 23.7 Å². The highest BCUT2D eigenvalue weighted by Crippen LogP contribution is 2.30. The summed E-state index contributed by atoms with van der Waals surface area (Å²) in [4.78, 5) is 15.3. The fourth-order valence-electron chi connectivity index (χ4n) is 2.20. The van der Waals surface area contributed by atoms with Crippen molar-refractivity contribution in [2.24, 2.45) is 0 Å². The molecule has 2 rings (SSSR count). The van der Waals surface area contributed by atoms with Gasteiger partial charge in [-0.1, -0.05) is 19.6 Å². The Morgan fingerprint density at radius 3 is 2.56 bits per heavy atom. The summed E-state index contributed by atoms with van der Waals surface area (Å²) in [5.74, 6) is -0.646. The average molecular weight is 401 g/mol. The number of aromatic nitrogens is 3. The van der Waals surface area contributed by atoms with E-state index in [1.54, 1.807) is 0 Å². The van der Waals surface area contributed by atoms with Gasteiger partial charge in [-0.3, -0.25) is 4.98 Å². The Balaban J connectivity index is 2.26. The third-order valence-electron chi connectivity index (χ3n) is 3.73. The van der Waals surface area contributed by atoms with Crippen LogP contribution in [0.3, 0.4) is 0 Å². The molecule has 6 nitrogen and oxygen atoms in total. The second-order valence-corrected chi connectivity index (χ2v) is 12.8. The SMILES string of the molecule is COC(=O)c1cc(-c2ccnc(C(F)(F)F)c2)nn1COCC[Si](C)(C)C. The van der Waals surface area contributed by atoms with Crippen LogP contribution in [-0.4, -0.2) is 42.5 Å². The summed E-state index contributed by atoms with van der Waals surface area (Å²) in [6, 6.07) is 4.60. The van der Waals surface area contributed by atoms with Crippen molar-refractivity contribution in [3.63, 3.8) is 0 Å². The van der Waals surface area contributed by atoms with Gasteiger partial charge in [-0.15, -0.1) is 0 Å². The quantitative estimate of drug-likeness (QED) is 0.398. The lowest BCUT2D eigenvalue weighted by Crippen LogP contribution is -2.22. The van der Waals surface area contributed by atoms with E-state index >= 15 is 0 Å². The number of ether oxygens (including phenoxy) is 2. The summed E-state index contributed by atoms with van der Waals surface area (Å²) >= 11 is 0. The van der Waals surface area contributed by atoms with Crippen LogP contribution in [0.1, 0.15) is 16.2 Å². The average Bonchev–Trinajstić information content (AvgIpc) is 3.01. The van der Waals surface area contributed by atoms with Gasteiger partial charge >= 0.3 is 12.1 Å². The van der Waals surface area contributed by atoms with Crippen LogP contribution < -0.4 is 0 Å². The molecule has 0 N–H and O–H groups in total. The van der Waals surface area contributed by atoms with Crippen molar-refractivity contribution in [3.8, 4) is 11.3 Å². The zero-order chi connectivity index (χ0) is 20.2. The topological polar surface area (TPSA) is 66.2 Å². The van der Waals surface area contributed by atoms with Gasteiger partial charge in [-0.2, -0.15) is 18.3 Å². The molecule has 10 heteroatoms. The predicted molar refractivity (Wildman–Crippen MR) is 95.9 cm³/mol. The van der Waals surface area contributed by atoms with Crippen LogP contribution in [0.2, 0.25) is 25.7 Å². The monoisotopic (exact) mass is 401 g/mol. The molecule has 0 aliphatic heterocycles. The number of nitrogens with zero attached hydrogens (tertiary/aromatic N) is 3. The van der Waals surface area contributed by atoms with E-state index < -0.39 is 25.9 Å². The van der Waals surface area contributed by atoms with Crippen LogP contribution in [0.25, 0.3) is 11.3 Å². The van der Waals surface area contributed by atoms with E-state index in [0.29, 0.717) is 6.61 Å². The molecule has 0 amide bonds. The van der Waals surface area contributed by atoms with Gasteiger partial charge in [0.2, 0.25) is 0 Å². The number of carbonyl (C=O) groups excluding carboxylic acids is 1. The first-order chi connectivity index (χ1) is 12.5. The number of methoxy groups -OCH3 is 1. The summed E-state index contributed by atoms with van der Waals surface area (Å²) in [6.07, 6.45) is -3.51. The molecule has 0 fully saturated rings. The number of carbonyl (C=O) groups is 1. The lowest BCUT2D eigenvalue weighted by atomic mass is 10.1. The molecule has 0 aromatic carbocycles. The van der Waals surface area contributed by atoms with Gasteiger partial charge in [0, 0.05) is 26.4 Å². The maximum Gasteiger partial charge on any atom is 0.433 e. The van der Waals surface area contributed by atoms with Crippen LogP contribution in [0.4, 0.5) is 13.2 Å². The van der Waals surface area contributed by atoms with Gasteiger partial charge < -0.3 is 9.47 Å². The van der Waals surface area contributed by atoms with Crippen LogP contribution >= 0.6 is 0 Å². The van der Waals surface area contributed by atoms with Gasteiger partial charge in [-0.05, 0) is 24.2 Å². The maximum atomic E-state index is 12.9. The van der Waals surface area contributed by atoms with E-state index in [9.17, 15) is 18.0 Å². The summed E-state index contributed by atoms with van der Waals surface area (Å²) < 4.78 is 50.2. The molecule has 0 radical (unpaired) electrons. The normalized spacial score (nSPS) is 12.3. The minimum Gasteiger partial charge on any atom is -0.464 e. The Hall–Kier alpha value is -2.20. The first-order valence-corrected chi connectivity index (χ1v) is 12.0. The van der Waals surface area contributed by atoms with Crippen molar-refractivity contribution < 1.29 is 27.4 Å². The molecule has 0 aliphatic carbocycles. The molecule has 0 atom stereocenters. The lowest BCUT2D eigenvalue weighted by Gasteiger charge is -2.15. The fraction of sp³-hybridized carbons (Fsp3) is 0.471. The molecule has 27 heavy (non-hydrogen) atoms. The molecule has 0 spiro atoms. The van der Waals surface area contributed by atoms with Gasteiger partial charge in [0.05, 0.1) is 12.8 Å². The molecule has 2 heterocycles. The zero-order valence-corrected chi connectivity index (χ0v) is 16.6. The molecular formula is C17H22F3N3O3Si. The molecule has 0 unspecified atom stereocenters. The van der Waals surface area contributed by atoms with Gasteiger partial charge in [0.15, 0.2) is 0 Å². The number of rotatable bonds is 7. The molecular weight excluding hydrogens is 379 g/mol. The van der Waals surface area contributed by atoms with E-state index in [1.165, 1.54) is 23.9 Å². The lowest BCUT2D eigenvalue weighted by molar-refractivity contribution is -0.141. The van der Waals surface area contributed by atoms with Crippen molar-refractivity contribution in [2.75, 3.05) is 13.7 Å². The number of hydrogen-bond acceptors (Lipinski definition) is 5. The largest absolute Gasteiger partial charge is 0.464 e. The second kappa shape index (κ2) is 8.22. The van der Waals surface area contributed by atoms with Crippen molar-refractivity contribution in [2.45, 2.75) is 38.6 Å². The van der Waals surface area contributed by atoms with Gasteiger partial charge in [0.1, 0.15) is 18.1 Å². The molecule has 0 bridgehead atoms. The zero-order valence-electron chi connectivity index (χ0n) is 15.6. The number of halogens is 3. The van der Waals surface area contributed by atoms with E-state index in [1.807, 2.05) is 0 Å². The third kappa shape index (κ3) is 5.89. The number of hydrogen-bond donors (Lipinski definition) is 0. The molecule has 0 aliphatic rings. The summed E-state index contributed by atoms with van der Waals surface area (Å²) in [5.41, 5.74) is -0.521. The molecule has 0 saturated heterocycles. The van der Waals surface area contributed by atoms with Crippen molar-refractivity contribution in [3.05, 3.63) is 35.8 Å². The highest BCUT2D eigenvalue weighted by atomic mass is 28.3. The predicted octanol–water partition coefficient (Wildman–Crippen LogP) is 4.06. The number of pyridine rings is 1. The van der Waals surface area contributed by atoms with E-state index in [4.69, 9.17) is 9.47 Å². The first kappa shape index (κ1) is 21.1. The minimum absolute atomic E-state index is 0.00608. The standard InChI is InChI=1S/C17H22F3N3O3Si/c1-25-16(24)14-10-13(12-5-6-21-15(9-12)17(18,19)20)22-23(14)11-26-7-8-27(2,3)4/h5-6,9-10H,7-8,11H2,1-4H3. The second-order valence-electron chi connectivity index (χ2n) is 7.18. The van der Waals surface area contributed by atoms with Crippen molar-refractivity contribution >= 4 is 14.0 Å². The summed E-state index contributed by atoms with van der Waals surface area (Å²) in [5, 5.41) is 4.21. The van der Waals surface area contributed by atoms with Gasteiger partial charge in [-0.25, -0.2) is 9.48 Å². The van der Waals surface area contributed by atoms with Crippen molar-refractivity contribution in [1.29, 1.82) is 0 Å². The third-order valence-corrected chi connectivity index (χ3v) is 5.43. The van der Waals surface area contributed by atoms with E-state index in [0.717, 1.165) is 18.3 Å². The molecule has 2 aromatic rings. The molecule has 148 valence electrons. The van der Waals surface area contributed by atoms with Crippen LogP contribution in [0, 0.1) is 0 Å². The van der Waals surface area contributed by atoms with Crippen molar-refractivity contribution in [1.82, 2.24) is 14.8 Å². The first-order valence-electron chi connectivity index (χ1n) is 8.29. The number of esters is 1. The Bertz CT molecular complexity index is 801. The highest BCUT2D eigenvalue weighted by molar-refractivity contribution is 6.76. The molecule has 0 saturated carbocycles. The summed E-state index contributed by atoms with van der Waals surface area (Å²) in [7, 11) is -0.0473. The maximum absolute atomic E-state index is 12.9. The van der Waals surface area contributed by atoms with Crippen LogP contribution in [0.15, 0.2) is 24.4 Å². The minimum atomic E-state index is -4.57. The van der Waals surface area contributed by atoms with Gasteiger partial charge in [0.25, 0.3) is 0 Å².